The first-order valence-electron chi connectivity index (χ1n) is 9.90. The zero-order chi connectivity index (χ0) is 21.7. The number of carbonyl (C=O) groups excluding carboxylic acids is 2. The van der Waals surface area contributed by atoms with Gasteiger partial charge in [0.05, 0.1) is 7.11 Å². The van der Waals surface area contributed by atoms with Crippen LogP contribution in [0.5, 0.6) is 11.5 Å². The van der Waals surface area contributed by atoms with Crippen LogP contribution >= 0.6 is 0 Å². The standard InChI is InChI=1S/C23H26O7/c1-6-9-22-11-18(26-4)20(25)23(27-5,21(22)30-14(3)24)19(13(22)2)15-7-8-16-17(10-15)29-12-28-16/h6-8,10-11,13,19,21H,1,9,12H2,2-5H3. The van der Waals surface area contributed by atoms with E-state index in [4.69, 9.17) is 23.7 Å². The van der Waals surface area contributed by atoms with Crippen molar-refractivity contribution in [2.24, 2.45) is 11.3 Å². The van der Waals surface area contributed by atoms with Crippen molar-refractivity contribution in [3.8, 4) is 11.5 Å². The first-order chi connectivity index (χ1) is 14.4. The van der Waals surface area contributed by atoms with Gasteiger partial charge in [-0.25, -0.2) is 0 Å². The molecule has 1 aromatic carbocycles. The van der Waals surface area contributed by atoms with Crippen LogP contribution in [0.25, 0.3) is 0 Å². The van der Waals surface area contributed by atoms with Crippen molar-refractivity contribution in [2.75, 3.05) is 21.0 Å². The third-order valence-electron chi connectivity index (χ3n) is 6.76. The molecule has 3 aliphatic rings. The van der Waals surface area contributed by atoms with Crippen molar-refractivity contribution < 1.29 is 33.3 Å². The van der Waals surface area contributed by atoms with Crippen LogP contribution in [0.15, 0.2) is 42.7 Å². The minimum Gasteiger partial charge on any atom is -0.493 e. The van der Waals surface area contributed by atoms with Gasteiger partial charge in [-0.05, 0) is 36.1 Å². The maximum atomic E-state index is 13.7. The molecule has 4 rings (SSSR count). The van der Waals surface area contributed by atoms with Gasteiger partial charge in [0.2, 0.25) is 12.6 Å². The van der Waals surface area contributed by atoms with Crippen molar-refractivity contribution in [3.05, 3.63) is 48.3 Å². The Morgan fingerprint density at radius 2 is 2.03 bits per heavy atom. The Morgan fingerprint density at radius 1 is 1.30 bits per heavy atom. The largest absolute Gasteiger partial charge is 0.493 e. The van der Waals surface area contributed by atoms with Crippen molar-refractivity contribution in [3.63, 3.8) is 0 Å². The highest BCUT2D eigenvalue weighted by molar-refractivity contribution is 6.04. The van der Waals surface area contributed by atoms with E-state index in [0.29, 0.717) is 17.9 Å². The van der Waals surface area contributed by atoms with E-state index in [1.807, 2.05) is 25.1 Å². The van der Waals surface area contributed by atoms with E-state index in [0.717, 1.165) is 5.56 Å². The van der Waals surface area contributed by atoms with Crippen LogP contribution in [-0.4, -0.2) is 44.5 Å². The predicted molar refractivity (Wildman–Crippen MR) is 107 cm³/mol. The van der Waals surface area contributed by atoms with Gasteiger partial charge in [0.15, 0.2) is 22.9 Å². The second-order valence-electron chi connectivity index (χ2n) is 8.01. The van der Waals surface area contributed by atoms with E-state index in [1.165, 1.54) is 21.1 Å². The van der Waals surface area contributed by atoms with Gasteiger partial charge in [-0.15, -0.1) is 6.58 Å². The highest BCUT2D eigenvalue weighted by Crippen LogP contribution is 2.65. The molecule has 1 aliphatic heterocycles. The summed E-state index contributed by atoms with van der Waals surface area (Å²) >= 11 is 0. The van der Waals surface area contributed by atoms with E-state index in [9.17, 15) is 9.59 Å². The number of methoxy groups -OCH3 is 2. The van der Waals surface area contributed by atoms with Gasteiger partial charge >= 0.3 is 5.97 Å². The van der Waals surface area contributed by atoms with Crippen LogP contribution in [-0.2, 0) is 23.8 Å². The summed E-state index contributed by atoms with van der Waals surface area (Å²) < 4.78 is 28.3. The fraction of sp³-hybridized carbons (Fsp3) is 0.478. The summed E-state index contributed by atoms with van der Waals surface area (Å²) in [5.74, 6) is 0.0902. The lowest BCUT2D eigenvalue weighted by molar-refractivity contribution is -0.181. The number of ketones is 1. The number of ether oxygens (including phenoxy) is 5. The molecule has 0 spiro atoms. The molecule has 0 amide bonds. The second-order valence-corrected chi connectivity index (χ2v) is 8.01. The molecule has 0 N–H and O–H groups in total. The smallest absolute Gasteiger partial charge is 0.303 e. The third kappa shape index (κ3) is 2.54. The van der Waals surface area contributed by atoms with E-state index in [2.05, 4.69) is 6.58 Å². The number of carbonyl (C=O) groups is 2. The van der Waals surface area contributed by atoms with Crippen molar-refractivity contribution in [1.82, 2.24) is 0 Å². The van der Waals surface area contributed by atoms with Crippen molar-refractivity contribution in [2.45, 2.75) is 37.9 Å². The number of hydrogen-bond acceptors (Lipinski definition) is 7. The molecule has 1 fully saturated rings. The van der Waals surface area contributed by atoms with Crippen LogP contribution in [0.3, 0.4) is 0 Å². The molecule has 1 heterocycles. The summed E-state index contributed by atoms with van der Waals surface area (Å²) in [6, 6.07) is 5.60. The topological polar surface area (TPSA) is 80.3 Å². The summed E-state index contributed by atoms with van der Waals surface area (Å²) in [5.41, 5.74) is -1.32. The molecule has 30 heavy (non-hydrogen) atoms. The summed E-state index contributed by atoms with van der Waals surface area (Å²) in [5, 5.41) is 0. The van der Waals surface area contributed by atoms with E-state index < -0.39 is 29.0 Å². The zero-order valence-corrected chi connectivity index (χ0v) is 17.6. The molecule has 1 saturated carbocycles. The Balaban J connectivity index is 1.97. The zero-order valence-electron chi connectivity index (χ0n) is 17.6. The van der Waals surface area contributed by atoms with Crippen LogP contribution < -0.4 is 9.47 Å². The molecule has 1 aromatic rings. The lowest BCUT2D eigenvalue weighted by Crippen LogP contribution is -2.59. The average Bonchev–Trinajstić information content (AvgIpc) is 3.24. The Labute approximate surface area is 175 Å². The summed E-state index contributed by atoms with van der Waals surface area (Å²) in [7, 11) is 2.93. The van der Waals surface area contributed by atoms with Gasteiger partial charge in [-0.2, -0.15) is 0 Å². The molecule has 2 aliphatic carbocycles. The predicted octanol–water partition coefficient (Wildman–Crippen LogP) is 3.14. The Morgan fingerprint density at radius 3 is 2.67 bits per heavy atom. The molecular weight excluding hydrogens is 388 g/mol. The lowest BCUT2D eigenvalue weighted by atomic mass is 9.69. The summed E-state index contributed by atoms with van der Waals surface area (Å²) in [6.07, 6.45) is 3.22. The number of rotatable bonds is 6. The lowest BCUT2D eigenvalue weighted by Gasteiger charge is -2.43. The number of fused-ring (bicyclic) bond motifs is 3. The quantitative estimate of drug-likeness (QED) is 0.523. The SMILES string of the molecule is C=CCC12C=C(OC)C(=O)C(OC)(C(c3ccc4c(c3)OCO4)C1C)C2OC(C)=O. The molecule has 5 atom stereocenters. The molecular formula is C23H26O7. The molecule has 7 heteroatoms. The molecule has 0 radical (unpaired) electrons. The first kappa shape index (κ1) is 20.5. The van der Waals surface area contributed by atoms with Gasteiger partial charge in [-0.1, -0.05) is 19.1 Å². The normalized spacial score (nSPS) is 33.8. The van der Waals surface area contributed by atoms with E-state index in [-0.39, 0.29) is 24.3 Å². The molecule has 2 bridgehead atoms. The van der Waals surface area contributed by atoms with Crippen LogP contribution in [0.1, 0.15) is 31.7 Å². The second kappa shape index (κ2) is 7.16. The fourth-order valence-electron chi connectivity index (χ4n) is 5.54. The summed E-state index contributed by atoms with van der Waals surface area (Å²) in [4.78, 5) is 25.8. The van der Waals surface area contributed by atoms with Crippen LogP contribution in [0.2, 0.25) is 0 Å². The van der Waals surface area contributed by atoms with Crippen LogP contribution in [0.4, 0.5) is 0 Å². The molecule has 5 unspecified atom stereocenters. The highest BCUT2D eigenvalue weighted by atomic mass is 16.7. The maximum Gasteiger partial charge on any atom is 0.303 e. The highest BCUT2D eigenvalue weighted by Gasteiger charge is 2.74. The van der Waals surface area contributed by atoms with Crippen molar-refractivity contribution >= 4 is 11.8 Å². The van der Waals surface area contributed by atoms with Gasteiger partial charge < -0.3 is 23.7 Å². The molecule has 7 nitrogen and oxygen atoms in total. The van der Waals surface area contributed by atoms with Crippen molar-refractivity contribution in [1.29, 1.82) is 0 Å². The van der Waals surface area contributed by atoms with Gasteiger partial charge in [0.25, 0.3) is 0 Å². The molecule has 0 aromatic heterocycles. The number of esters is 1. The third-order valence-corrected chi connectivity index (χ3v) is 6.76. The Kier molecular flexibility index (Phi) is 4.89. The number of hydrogen-bond donors (Lipinski definition) is 0. The first-order valence-corrected chi connectivity index (χ1v) is 9.90. The monoisotopic (exact) mass is 414 g/mol. The Hall–Kier alpha value is -2.80. The van der Waals surface area contributed by atoms with Gasteiger partial charge in [0, 0.05) is 25.4 Å². The minimum absolute atomic E-state index is 0.142. The van der Waals surface area contributed by atoms with E-state index >= 15 is 0 Å². The molecule has 0 saturated heterocycles. The minimum atomic E-state index is -1.44. The van der Waals surface area contributed by atoms with E-state index in [1.54, 1.807) is 12.2 Å². The summed E-state index contributed by atoms with van der Waals surface area (Å²) in [6.45, 7) is 7.44. The average molecular weight is 414 g/mol. The van der Waals surface area contributed by atoms with Crippen LogP contribution in [0, 0.1) is 11.3 Å². The number of Topliss-reactive ketones (excluding diaryl/α,β-unsaturated/α-hetero) is 1. The number of benzene rings is 1. The molecule has 160 valence electrons. The Bertz CT molecular complexity index is 935. The fourth-order valence-corrected chi connectivity index (χ4v) is 5.54. The number of allylic oxidation sites excluding steroid dienone is 1. The van der Waals surface area contributed by atoms with Gasteiger partial charge in [0.1, 0.15) is 6.10 Å². The maximum absolute atomic E-state index is 13.7. The van der Waals surface area contributed by atoms with Gasteiger partial charge in [-0.3, -0.25) is 9.59 Å².